The molecular weight excluding hydrogens is 341 g/mol. The van der Waals surface area contributed by atoms with Gasteiger partial charge < -0.3 is 10.2 Å². The van der Waals surface area contributed by atoms with Crippen LogP contribution >= 0.6 is 0 Å². The molecule has 0 radical (unpaired) electrons. The Kier molecular flexibility index (Phi) is 5.93. The second-order valence-electron chi connectivity index (χ2n) is 6.54. The maximum Gasteiger partial charge on any atom is 0.223 e. The summed E-state index contributed by atoms with van der Waals surface area (Å²) >= 11 is 0. The number of benzene rings is 2. The molecule has 138 valence electrons. The van der Waals surface area contributed by atoms with E-state index in [1.165, 1.54) is 24.3 Å². The molecule has 3 rings (SSSR count). The molecule has 1 amide bonds. The Bertz CT molecular complexity index is 764. The molecule has 1 fully saturated rings. The van der Waals surface area contributed by atoms with Gasteiger partial charge in [-0.2, -0.15) is 0 Å². The van der Waals surface area contributed by atoms with Gasteiger partial charge in [0, 0.05) is 37.2 Å². The number of rotatable bonds is 7. The van der Waals surface area contributed by atoms with Gasteiger partial charge in [-0.25, -0.2) is 13.2 Å². The molecule has 0 aromatic heterocycles. The van der Waals surface area contributed by atoms with Crippen molar-refractivity contribution < 1.29 is 18.0 Å². The molecule has 3 nitrogen and oxygen atoms in total. The lowest BCUT2D eigenvalue weighted by Crippen LogP contribution is -2.35. The molecule has 0 saturated carbocycles. The van der Waals surface area contributed by atoms with Crippen molar-refractivity contribution in [2.75, 3.05) is 6.54 Å². The van der Waals surface area contributed by atoms with Gasteiger partial charge in [0.05, 0.1) is 0 Å². The first-order valence-corrected chi connectivity index (χ1v) is 8.71. The highest BCUT2D eigenvalue weighted by Crippen LogP contribution is 2.24. The van der Waals surface area contributed by atoms with Crippen LogP contribution in [0, 0.1) is 17.5 Å². The molecule has 26 heavy (non-hydrogen) atoms. The molecule has 1 N–H and O–H groups in total. The fourth-order valence-corrected chi connectivity index (χ4v) is 3.25. The number of nitrogens with one attached hydrogen (secondary N) is 1. The smallest absolute Gasteiger partial charge is 0.223 e. The summed E-state index contributed by atoms with van der Waals surface area (Å²) in [5.74, 6) is -1.52. The molecule has 0 bridgehead atoms. The van der Waals surface area contributed by atoms with Crippen LogP contribution < -0.4 is 5.32 Å². The van der Waals surface area contributed by atoms with E-state index in [9.17, 15) is 18.0 Å². The van der Waals surface area contributed by atoms with Crippen molar-refractivity contribution in [3.8, 4) is 0 Å². The second-order valence-corrected chi connectivity index (χ2v) is 6.54. The van der Waals surface area contributed by atoms with E-state index < -0.39 is 11.6 Å². The van der Waals surface area contributed by atoms with E-state index in [-0.39, 0.29) is 24.3 Å². The standard InChI is InChI=1S/C20H21F3N2O/c21-16-4-1-14(2-5-16)12-24-10-9-18-7-8-20(26)25(18)13-15-3-6-17(22)11-19(15)23/h1-6,11,18,24H,7-10,12-13H2/t18-/m1/s1. The largest absolute Gasteiger partial charge is 0.335 e. The predicted octanol–water partition coefficient (Wildman–Crippen LogP) is 3.77. The minimum Gasteiger partial charge on any atom is -0.335 e. The fourth-order valence-electron chi connectivity index (χ4n) is 3.25. The molecule has 1 saturated heterocycles. The molecule has 0 spiro atoms. The van der Waals surface area contributed by atoms with E-state index in [0.717, 1.165) is 24.5 Å². The van der Waals surface area contributed by atoms with Gasteiger partial charge in [-0.1, -0.05) is 18.2 Å². The third-order valence-electron chi connectivity index (χ3n) is 4.71. The zero-order chi connectivity index (χ0) is 18.5. The highest BCUT2D eigenvalue weighted by Gasteiger charge is 2.30. The van der Waals surface area contributed by atoms with Crippen LogP contribution in [0.2, 0.25) is 0 Å². The summed E-state index contributed by atoms with van der Waals surface area (Å²) in [6.45, 7) is 1.47. The van der Waals surface area contributed by atoms with Crippen molar-refractivity contribution in [1.29, 1.82) is 0 Å². The zero-order valence-corrected chi connectivity index (χ0v) is 14.4. The molecule has 0 aliphatic carbocycles. The number of carbonyl (C=O) groups excluding carboxylic acids is 1. The minimum absolute atomic E-state index is 0.00254. The first kappa shape index (κ1) is 18.5. The number of amides is 1. The third kappa shape index (κ3) is 4.64. The maximum atomic E-state index is 13.9. The van der Waals surface area contributed by atoms with Gasteiger partial charge in [-0.05, 0) is 43.1 Å². The van der Waals surface area contributed by atoms with Crippen molar-refractivity contribution in [3.05, 3.63) is 71.0 Å². The van der Waals surface area contributed by atoms with Crippen LogP contribution in [0.3, 0.4) is 0 Å². The summed E-state index contributed by atoms with van der Waals surface area (Å²) in [5.41, 5.74) is 1.31. The van der Waals surface area contributed by atoms with Crippen molar-refractivity contribution in [2.24, 2.45) is 0 Å². The Hall–Kier alpha value is -2.34. The Balaban J connectivity index is 1.51. The summed E-state index contributed by atoms with van der Waals surface area (Å²) < 4.78 is 39.8. The third-order valence-corrected chi connectivity index (χ3v) is 4.71. The monoisotopic (exact) mass is 362 g/mol. The fraction of sp³-hybridized carbons (Fsp3) is 0.350. The first-order valence-electron chi connectivity index (χ1n) is 8.71. The number of hydrogen-bond donors (Lipinski definition) is 1. The molecule has 1 aliphatic rings. The number of likely N-dealkylation sites (tertiary alicyclic amines) is 1. The highest BCUT2D eigenvalue weighted by atomic mass is 19.1. The van der Waals surface area contributed by atoms with Gasteiger partial charge >= 0.3 is 0 Å². The summed E-state index contributed by atoms with van der Waals surface area (Å²) in [5, 5.41) is 3.28. The number of halogens is 3. The molecule has 2 aromatic rings. The van der Waals surface area contributed by atoms with Gasteiger partial charge in [0.25, 0.3) is 0 Å². The Morgan fingerprint density at radius 1 is 1.04 bits per heavy atom. The van der Waals surface area contributed by atoms with Crippen LogP contribution in [-0.4, -0.2) is 23.4 Å². The van der Waals surface area contributed by atoms with E-state index in [0.29, 0.717) is 25.1 Å². The average molecular weight is 362 g/mol. The zero-order valence-electron chi connectivity index (χ0n) is 14.4. The van der Waals surface area contributed by atoms with Gasteiger partial charge in [0.15, 0.2) is 0 Å². The Labute approximate surface area is 150 Å². The van der Waals surface area contributed by atoms with Gasteiger partial charge in [-0.15, -0.1) is 0 Å². The highest BCUT2D eigenvalue weighted by molar-refractivity contribution is 5.78. The topological polar surface area (TPSA) is 32.3 Å². The van der Waals surface area contributed by atoms with E-state index >= 15 is 0 Å². The molecule has 2 aromatic carbocycles. The quantitative estimate of drug-likeness (QED) is 0.761. The summed E-state index contributed by atoms with van der Waals surface area (Å²) in [4.78, 5) is 13.8. The van der Waals surface area contributed by atoms with Crippen LogP contribution in [0.4, 0.5) is 13.2 Å². The van der Waals surface area contributed by atoms with Crippen LogP contribution in [0.25, 0.3) is 0 Å². The van der Waals surface area contributed by atoms with Crippen LogP contribution in [0.15, 0.2) is 42.5 Å². The molecule has 6 heteroatoms. The second kappa shape index (κ2) is 8.36. The van der Waals surface area contributed by atoms with Crippen LogP contribution in [0.1, 0.15) is 30.4 Å². The van der Waals surface area contributed by atoms with Crippen molar-refractivity contribution in [2.45, 2.75) is 38.4 Å². The van der Waals surface area contributed by atoms with E-state index in [1.807, 2.05) is 0 Å². The summed E-state index contributed by atoms with van der Waals surface area (Å²) in [7, 11) is 0. The van der Waals surface area contributed by atoms with Gasteiger partial charge in [0.1, 0.15) is 17.5 Å². The van der Waals surface area contributed by atoms with Crippen molar-refractivity contribution in [3.63, 3.8) is 0 Å². The Morgan fingerprint density at radius 2 is 1.77 bits per heavy atom. The molecule has 1 aliphatic heterocycles. The number of hydrogen-bond acceptors (Lipinski definition) is 2. The normalized spacial score (nSPS) is 17.1. The summed E-state index contributed by atoms with van der Waals surface area (Å²) in [6.07, 6.45) is 1.93. The van der Waals surface area contributed by atoms with Gasteiger partial charge in [0.2, 0.25) is 5.91 Å². The van der Waals surface area contributed by atoms with Gasteiger partial charge in [-0.3, -0.25) is 4.79 Å². The molecule has 1 heterocycles. The lowest BCUT2D eigenvalue weighted by Gasteiger charge is -2.25. The maximum absolute atomic E-state index is 13.9. The van der Waals surface area contributed by atoms with E-state index in [2.05, 4.69) is 5.32 Å². The Morgan fingerprint density at radius 3 is 2.50 bits per heavy atom. The van der Waals surface area contributed by atoms with Crippen molar-refractivity contribution in [1.82, 2.24) is 10.2 Å². The lowest BCUT2D eigenvalue weighted by atomic mass is 10.1. The molecular formula is C20H21F3N2O. The molecule has 1 atom stereocenters. The summed E-state index contributed by atoms with van der Waals surface area (Å²) in [6, 6.07) is 9.77. The van der Waals surface area contributed by atoms with Crippen LogP contribution in [-0.2, 0) is 17.9 Å². The average Bonchev–Trinajstić information content (AvgIpc) is 2.96. The van der Waals surface area contributed by atoms with E-state index in [4.69, 9.17) is 0 Å². The molecule has 0 unspecified atom stereocenters. The number of nitrogens with zero attached hydrogens (tertiary/aromatic N) is 1. The van der Waals surface area contributed by atoms with Crippen LogP contribution in [0.5, 0.6) is 0 Å². The number of carbonyl (C=O) groups is 1. The van der Waals surface area contributed by atoms with Crippen molar-refractivity contribution >= 4 is 5.91 Å². The minimum atomic E-state index is -0.627. The first-order chi connectivity index (χ1) is 12.5. The lowest BCUT2D eigenvalue weighted by molar-refractivity contribution is -0.129. The predicted molar refractivity (Wildman–Crippen MR) is 92.7 cm³/mol. The van der Waals surface area contributed by atoms with E-state index in [1.54, 1.807) is 17.0 Å². The SMILES string of the molecule is O=C1CC[C@H](CCNCc2ccc(F)cc2)N1Cc1ccc(F)cc1F.